The topological polar surface area (TPSA) is 66.5 Å². The van der Waals surface area contributed by atoms with E-state index in [-0.39, 0.29) is 21.4 Å². The van der Waals surface area contributed by atoms with Crippen molar-refractivity contribution in [1.82, 2.24) is 4.90 Å². The van der Waals surface area contributed by atoms with Gasteiger partial charge in [0.05, 0.1) is 15.5 Å². The number of nitrogens with one attached hydrogen (secondary N) is 1. The van der Waals surface area contributed by atoms with Crippen molar-refractivity contribution < 1.29 is 13.2 Å². The number of carbonyl (C=O) groups is 1. The van der Waals surface area contributed by atoms with E-state index in [1.807, 2.05) is 13.0 Å². The van der Waals surface area contributed by atoms with Crippen molar-refractivity contribution in [1.29, 1.82) is 0 Å². The van der Waals surface area contributed by atoms with Crippen molar-refractivity contribution in [2.45, 2.75) is 11.8 Å². The molecule has 2 rings (SSSR count). The summed E-state index contributed by atoms with van der Waals surface area (Å²) in [4.78, 5) is 13.4. The zero-order valence-electron chi connectivity index (χ0n) is 13.0. The van der Waals surface area contributed by atoms with Gasteiger partial charge >= 0.3 is 0 Å². The molecule has 0 spiro atoms. The van der Waals surface area contributed by atoms with Crippen LogP contribution >= 0.6 is 11.6 Å². The Hall–Kier alpha value is -2.05. The third-order valence-electron chi connectivity index (χ3n) is 3.16. The molecule has 0 saturated heterocycles. The lowest BCUT2D eigenvalue weighted by atomic mass is 10.2. The summed E-state index contributed by atoms with van der Waals surface area (Å²) in [5.74, 6) is -0.359. The molecule has 1 amide bonds. The summed E-state index contributed by atoms with van der Waals surface area (Å²) in [5, 5.41) is 0.207. The molecule has 0 aliphatic carbocycles. The summed E-state index contributed by atoms with van der Waals surface area (Å²) in [5.41, 5.74) is 1.54. The van der Waals surface area contributed by atoms with Crippen molar-refractivity contribution in [2.24, 2.45) is 0 Å². The van der Waals surface area contributed by atoms with Crippen LogP contribution in [-0.2, 0) is 10.0 Å². The van der Waals surface area contributed by atoms with E-state index in [4.69, 9.17) is 11.6 Å². The Balaban J connectivity index is 2.40. The summed E-state index contributed by atoms with van der Waals surface area (Å²) < 4.78 is 27.5. The van der Waals surface area contributed by atoms with Crippen LogP contribution in [0.2, 0.25) is 5.02 Å². The van der Waals surface area contributed by atoms with Crippen LogP contribution in [0.1, 0.15) is 15.9 Å². The van der Waals surface area contributed by atoms with Crippen LogP contribution in [0.15, 0.2) is 47.4 Å². The molecule has 122 valence electrons. The van der Waals surface area contributed by atoms with Gasteiger partial charge in [0.1, 0.15) is 0 Å². The minimum Gasteiger partial charge on any atom is -0.345 e. The molecule has 0 unspecified atom stereocenters. The van der Waals surface area contributed by atoms with Gasteiger partial charge in [-0.1, -0.05) is 23.7 Å². The summed E-state index contributed by atoms with van der Waals surface area (Å²) in [7, 11) is -0.659. The molecule has 0 aliphatic rings. The molecular weight excluding hydrogens is 336 g/mol. The molecule has 1 N–H and O–H groups in total. The molecule has 7 heteroatoms. The molecule has 0 heterocycles. The molecular formula is C16H17ClN2O3S. The van der Waals surface area contributed by atoms with Crippen LogP contribution < -0.4 is 4.72 Å². The smallest absolute Gasteiger partial charge is 0.261 e. The van der Waals surface area contributed by atoms with Gasteiger partial charge in [0.2, 0.25) is 0 Å². The molecule has 5 nitrogen and oxygen atoms in total. The number of hydrogen-bond donors (Lipinski definition) is 1. The van der Waals surface area contributed by atoms with Gasteiger partial charge < -0.3 is 4.90 Å². The fraction of sp³-hybridized carbons (Fsp3) is 0.188. The standard InChI is InChI=1S/C16H17ClN2O3S/c1-11-5-4-6-12(9-11)18-23(21,22)13-7-8-15(17)14(10-13)16(20)19(2)3/h4-10,18H,1-3H3. The molecule has 2 aromatic rings. The number of amides is 1. The monoisotopic (exact) mass is 352 g/mol. The van der Waals surface area contributed by atoms with Crippen LogP contribution in [0.4, 0.5) is 5.69 Å². The van der Waals surface area contributed by atoms with Gasteiger partial charge in [-0.3, -0.25) is 9.52 Å². The van der Waals surface area contributed by atoms with Crippen LogP contribution in [0, 0.1) is 6.92 Å². The average Bonchev–Trinajstić information content (AvgIpc) is 2.46. The molecule has 23 heavy (non-hydrogen) atoms. The van der Waals surface area contributed by atoms with Crippen LogP contribution in [-0.4, -0.2) is 33.3 Å². The highest BCUT2D eigenvalue weighted by Gasteiger charge is 2.19. The lowest BCUT2D eigenvalue weighted by Crippen LogP contribution is -2.22. The Morgan fingerprint density at radius 3 is 2.43 bits per heavy atom. The van der Waals surface area contributed by atoms with E-state index in [0.29, 0.717) is 5.69 Å². The average molecular weight is 353 g/mol. The fourth-order valence-corrected chi connectivity index (χ4v) is 3.27. The van der Waals surface area contributed by atoms with Crippen LogP contribution in [0.3, 0.4) is 0 Å². The number of halogens is 1. The zero-order valence-corrected chi connectivity index (χ0v) is 14.6. The van der Waals surface area contributed by atoms with E-state index in [1.165, 1.54) is 23.1 Å². The first-order valence-electron chi connectivity index (χ1n) is 6.81. The number of anilines is 1. The number of carbonyl (C=O) groups excluding carboxylic acids is 1. The Morgan fingerprint density at radius 1 is 1.13 bits per heavy atom. The van der Waals surface area contributed by atoms with E-state index < -0.39 is 10.0 Å². The van der Waals surface area contributed by atoms with Gasteiger partial charge in [0.25, 0.3) is 15.9 Å². The summed E-state index contributed by atoms with van der Waals surface area (Å²) >= 11 is 6.00. The maximum absolute atomic E-state index is 12.5. The second-order valence-electron chi connectivity index (χ2n) is 5.32. The van der Waals surface area contributed by atoms with E-state index >= 15 is 0 Å². The molecule has 0 aliphatic heterocycles. The number of sulfonamides is 1. The predicted molar refractivity (Wildman–Crippen MR) is 91.5 cm³/mol. The zero-order chi connectivity index (χ0) is 17.2. The van der Waals surface area contributed by atoms with Crippen molar-refractivity contribution in [3.63, 3.8) is 0 Å². The minimum absolute atomic E-state index is 0.0198. The van der Waals surface area contributed by atoms with Gasteiger partial charge in [0, 0.05) is 19.8 Å². The first-order valence-corrected chi connectivity index (χ1v) is 8.67. The minimum atomic E-state index is -3.81. The predicted octanol–water partition coefficient (Wildman–Crippen LogP) is 3.15. The summed E-state index contributed by atoms with van der Waals surface area (Å²) in [6.07, 6.45) is 0. The Bertz CT molecular complexity index is 848. The largest absolute Gasteiger partial charge is 0.345 e. The van der Waals surface area contributed by atoms with Crippen LogP contribution in [0.25, 0.3) is 0 Å². The summed E-state index contributed by atoms with van der Waals surface area (Å²) in [6, 6.07) is 11.1. The number of hydrogen-bond acceptors (Lipinski definition) is 3. The quantitative estimate of drug-likeness (QED) is 0.919. The number of aryl methyl sites for hydroxylation is 1. The molecule has 0 fully saturated rings. The lowest BCUT2D eigenvalue weighted by Gasteiger charge is -2.14. The third kappa shape index (κ3) is 4.03. The SMILES string of the molecule is Cc1cccc(NS(=O)(=O)c2ccc(Cl)c(C(=O)N(C)C)c2)c1. The molecule has 0 bridgehead atoms. The van der Waals surface area contributed by atoms with Crippen molar-refractivity contribution in [3.8, 4) is 0 Å². The van der Waals surface area contributed by atoms with Crippen molar-refractivity contribution in [2.75, 3.05) is 18.8 Å². The van der Waals surface area contributed by atoms with Crippen LogP contribution in [0.5, 0.6) is 0 Å². The van der Waals surface area contributed by atoms with Crippen molar-refractivity contribution in [3.05, 3.63) is 58.6 Å². The number of nitrogens with zero attached hydrogens (tertiary/aromatic N) is 1. The van der Waals surface area contributed by atoms with E-state index in [0.717, 1.165) is 5.56 Å². The second kappa shape index (κ2) is 6.60. The first-order chi connectivity index (χ1) is 10.7. The lowest BCUT2D eigenvalue weighted by molar-refractivity contribution is 0.0827. The van der Waals surface area contributed by atoms with Gasteiger partial charge in [-0.25, -0.2) is 8.42 Å². The molecule has 0 radical (unpaired) electrons. The van der Waals surface area contributed by atoms with E-state index in [1.54, 1.807) is 32.3 Å². The Labute approximate surface area is 140 Å². The van der Waals surface area contributed by atoms with E-state index in [2.05, 4.69) is 4.72 Å². The first kappa shape index (κ1) is 17.3. The Kier molecular flexibility index (Phi) is 4.97. The number of benzene rings is 2. The molecule has 0 saturated carbocycles. The van der Waals surface area contributed by atoms with Crippen molar-refractivity contribution >= 4 is 33.2 Å². The highest BCUT2D eigenvalue weighted by atomic mass is 35.5. The maximum Gasteiger partial charge on any atom is 0.261 e. The highest BCUT2D eigenvalue weighted by molar-refractivity contribution is 7.92. The highest BCUT2D eigenvalue weighted by Crippen LogP contribution is 2.23. The molecule has 0 aromatic heterocycles. The molecule has 0 atom stereocenters. The fourth-order valence-electron chi connectivity index (χ4n) is 2.00. The van der Waals surface area contributed by atoms with E-state index in [9.17, 15) is 13.2 Å². The normalized spacial score (nSPS) is 11.1. The summed E-state index contributed by atoms with van der Waals surface area (Å²) in [6.45, 7) is 1.87. The van der Waals surface area contributed by atoms with Gasteiger partial charge in [-0.05, 0) is 42.8 Å². The van der Waals surface area contributed by atoms with Gasteiger partial charge in [-0.2, -0.15) is 0 Å². The third-order valence-corrected chi connectivity index (χ3v) is 4.86. The number of rotatable bonds is 4. The Morgan fingerprint density at radius 2 is 1.83 bits per heavy atom. The van der Waals surface area contributed by atoms with Gasteiger partial charge in [0.15, 0.2) is 0 Å². The second-order valence-corrected chi connectivity index (χ2v) is 7.41. The maximum atomic E-state index is 12.5. The van der Waals surface area contributed by atoms with Gasteiger partial charge in [-0.15, -0.1) is 0 Å². The molecule has 2 aromatic carbocycles.